The second-order valence-corrected chi connectivity index (χ2v) is 5.31. The summed E-state index contributed by atoms with van der Waals surface area (Å²) < 4.78 is 5.53. The fourth-order valence-electron chi connectivity index (χ4n) is 2.04. The summed E-state index contributed by atoms with van der Waals surface area (Å²) in [5.74, 6) is -0.840. The fourth-order valence-corrected chi connectivity index (χ4v) is 2.21. The molecule has 0 unspecified atom stereocenters. The van der Waals surface area contributed by atoms with Gasteiger partial charge in [0.15, 0.2) is 11.9 Å². The van der Waals surface area contributed by atoms with E-state index >= 15 is 0 Å². The molecule has 2 aromatic carbocycles. The number of carbonyl (C=O) groups excluding carboxylic acids is 1. The van der Waals surface area contributed by atoms with Crippen molar-refractivity contribution in [2.45, 2.75) is 0 Å². The third-order valence-corrected chi connectivity index (χ3v) is 3.48. The Bertz CT molecular complexity index is 945. The molecule has 2 N–H and O–H groups in total. The number of benzene rings is 2. The highest BCUT2D eigenvalue weighted by atomic mass is 35.5. The minimum absolute atomic E-state index is 0.164. The summed E-state index contributed by atoms with van der Waals surface area (Å²) in [6.07, 6.45) is 2.06. The number of rotatable bonds is 5. The second-order valence-electron chi connectivity index (χ2n) is 4.88. The number of carboxylic acid groups (broad SMARTS) is 1. The topological polar surface area (TPSA) is 92.4 Å². The van der Waals surface area contributed by atoms with Gasteiger partial charge in [-0.05, 0) is 42.5 Å². The van der Waals surface area contributed by atoms with Crippen molar-refractivity contribution in [1.82, 2.24) is 4.98 Å². The quantitative estimate of drug-likeness (QED) is 0.540. The molecule has 0 saturated carbocycles. The van der Waals surface area contributed by atoms with E-state index in [4.69, 9.17) is 21.1 Å². The van der Waals surface area contributed by atoms with E-state index in [2.05, 4.69) is 10.3 Å². The van der Waals surface area contributed by atoms with Crippen LogP contribution in [0, 0.1) is 0 Å². The van der Waals surface area contributed by atoms with Crippen LogP contribution >= 0.6 is 11.6 Å². The van der Waals surface area contributed by atoms with Crippen LogP contribution in [0.1, 0.15) is 16.2 Å². The standard InChI is InChI=1S/C17H11ClN2O4/c18-12-3-6-15-14(7-12)20-16(24-15)11(9-21)8-19-13-4-1-10(2-5-13)17(22)23/h1-9,19H,(H,22,23)/b11-8-. The van der Waals surface area contributed by atoms with Crippen LogP contribution in [0.3, 0.4) is 0 Å². The predicted octanol–water partition coefficient (Wildman–Crippen LogP) is 3.83. The smallest absolute Gasteiger partial charge is 0.335 e. The molecule has 0 radical (unpaired) electrons. The van der Waals surface area contributed by atoms with E-state index in [0.29, 0.717) is 28.1 Å². The number of aromatic nitrogens is 1. The van der Waals surface area contributed by atoms with Crippen molar-refractivity contribution in [3.63, 3.8) is 0 Å². The molecule has 120 valence electrons. The largest absolute Gasteiger partial charge is 0.478 e. The minimum atomic E-state index is -1.00. The molecule has 3 aromatic rings. The van der Waals surface area contributed by atoms with Crippen molar-refractivity contribution < 1.29 is 19.1 Å². The average Bonchev–Trinajstić information content (AvgIpc) is 2.98. The number of nitrogens with one attached hydrogen (secondary N) is 1. The van der Waals surface area contributed by atoms with Crippen LogP contribution in [0.2, 0.25) is 5.02 Å². The maximum absolute atomic E-state index is 11.3. The van der Waals surface area contributed by atoms with Gasteiger partial charge in [0.05, 0.1) is 11.1 Å². The lowest BCUT2D eigenvalue weighted by atomic mass is 10.2. The van der Waals surface area contributed by atoms with Crippen LogP contribution in [0.15, 0.2) is 53.1 Å². The molecule has 0 atom stereocenters. The van der Waals surface area contributed by atoms with Crippen LogP contribution in [-0.4, -0.2) is 22.3 Å². The van der Waals surface area contributed by atoms with E-state index in [1.807, 2.05) is 0 Å². The highest BCUT2D eigenvalue weighted by molar-refractivity contribution is 6.31. The molecule has 0 aliphatic heterocycles. The first-order chi connectivity index (χ1) is 11.6. The van der Waals surface area contributed by atoms with Crippen LogP contribution in [0.4, 0.5) is 5.69 Å². The van der Waals surface area contributed by atoms with E-state index in [0.717, 1.165) is 0 Å². The lowest BCUT2D eigenvalue weighted by Gasteiger charge is -2.02. The number of aromatic carboxylic acids is 1. The summed E-state index contributed by atoms with van der Waals surface area (Å²) in [6.45, 7) is 0. The zero-order valence-corrected chi connectivity index (χ0v) is 12.9. The molecule has 0 saturated heterocycles. The van der Waals surface area contributed by atoms with Gasteiger partial charge >= 0.3 is 5.97 Å². The Morgan fingerprint density at radius 2 is 1.96 bits per heavy atom. The van der Waals surface area contributed by atoms with Crippen molar-refractivity contribution in [3.8, 4) is 0 Å². The molecule has 0 aliphatic rings. The van der Waals surface area contributed by atoms with E-state index in [9.17, 15) is 9.59 Å². The highest BCUT2D eigenvalue weighted by Gasteiger charge is 2.11. The molecule has 0 fully saturated rings. The Labute approximate surface area is 141 Å². The lowest BCUT2D eigenvalue weighted by Crippen LogP contribution is -1.97. The Morgan fingerprint density at radius 3 is 2.62 bits per heavy atom. The number of carboxylic acids is 1. The number of fused-ring (bicyclic) bond motifs is 1. The molecular formula is C17H11ClN2O4. The van der Waals surface area contributed by atoms with Gasteiger partial charge < -0.3 is 14.8 Å². The lowest BCUT2D eigenvalue weighted by molar-refractivity contribution is -0.103. The van der Waals surface area contributed by atoms with Crippen LogP contribution in [-0.2, 0) is 4.79 Å². The molecule has 0 bridgehead atoms. The maximum Gasteiger partial charge on any atom is 0.335 e. The summed E-state index contributed by atoms with van der Waals surface area (Å²) in [6, 6.07) is 11.1. The van der Waals surface area contributed by atoms with Gasteiger partial charge in [0, 0.05) is 16.9 Å². The Hall–Kier alpha value is -3.12. The summed E-state index contributed by atoms with van der Waals surface area (Å²) in [5.41, 5.74) is 2.09. The van der Waals surface area contributed by atoms with Crippen molar-refractivity contribution >= 4 is 46.2 Å². The molecule has 7 heteroatoms. The number of aldehydes is 1. The Balaban J connectivity index is 1.85. The third kappa shape index (κ3) is 3.28. The number of carbonyl (C=O) groups is 2. The predicted molar refractivity (Wildman–Crippen MR) is 90.1 cm³/mol. The summed E-state index contributed by atoms with van der Waals surface area (Å²) in [4.78, 5) is 26.3. The van der Waals surface area contributed by atoms with Crippen LogP contribution < -0.4 is 5.32 Å². The van der Waals surface area contributed by atoms with Crippen molar-refractivity contribution in [2.24, 2.45) is 0 Å². The number of hydrogen-bond acceptors (Lipinski definition) is 5. The molecule has 0 aliphatic carbocycles. The Morgan fingerprint density at radius 1 is 1.21 bits per heavy atom. The Kier molecular flexibility index (Phi) is 4.31. The average molecular weight is 343 g/mol. The van der Waals surface area contributed by atoms with Gasteiger partial charge in [0.1, 0.15) is 5.52 Å². The highest BCUT2D eigenvalue weighted by Crippen LogP contribution is 2.23. The number of halogens is 1. The van der Waals surface area contributed by atoms with Crippen molar-refractivity contribution in [2.75, 3.05) is 5.32 Å². The number of hydrogen-bond donors (Lipinski definition) is 2. The number of nitrogens with zero attached hydrogens (tertiary/aromatic N) is 1. The maximum atomic E-state index is 11.3. The van der Waals surface area contributed by atoms with Crippen LogP contribution in [0.5, 0.6) is 0 Å². The van der Waals surface area contributed by atoms with Gasteiger partial charge in [0.25, 0.3) is 0 Å². The minimum Gasteiger partial charge on any atom is -0.478 e. The molecule has 1 heterocycles. The molecule has 0 spiro atoms. The van der Waals surface area contributed by atoms with Gasteiger partial charge in [-0.1, -0.05) is 11.6 Å². The number of anilines is 1. The summed E-state index contributed by atoms with van der Waals surface area (Å²) in [5, 5.41) is 12.3. The monoisotopic (exact) mass is 342 g/mol. The third-order valence-electron chi connectivity index (χ3n) is 3.25. The molecule has 3 rings (SSSR count). The first-order valence-corrected chi connectivity index (χ1v) is 7.26. The summed E-state index contributed by atoms with van der Waals surface area (Å²) >= 11 is 5.90. The zero-order chi connectivity index (χ0) is 17.1. The molecule has 1 aromatic heterocycles. The van der Waals surface area contributed by atoms with Gasteiger partial charge in [-0.2, -0.15) is 0 Å². The van der Waals surface area contributed by atoms with Crippen molar-refractivity contribution in [1.29, 1.82) is 0 Å². The number of allylic oxidation sites excluding steroid dienone is 1. The fraction of sp³-hybridized carbons (Fsp3) is 0. The molecule has 24 heavy (non-hydrogen) atoms. The van der Waals surface area contributed by atoms with E-state index in [1.165, 1.54) is 18.3 Å². The summed E-state index contributed by atoms with van der Waals surface area (Å²) in [7, 11) is 0. The SMILES string of the molecule is O=C/C(=C/Nc1ccc(C(=O)O)cc1)c1nc2cc(Cl)ccc2o1. The zero-order valence-electron chi connectivity index (χ0n) is 12.2. The van der Waals surface area contributed by atoms with Crippen LogP contribution in [0.25, 0.3) is 16.7 Å². The van der Waals surface area contributed by atoms with Crippen molar-refractivity contribution in [3.05, 3.63) is 65.1 Å². The second kappa shape index (κ2) is 6.55. The molecule has 0 amide bonds. The van der Waals surface area contributed by atoms with E-state index in [-0.39, 0.29) is 17.0 Å². The molecular weight excluding hydrogens is 332 g/mol. The number of oxazole rings is 1. The van der Waals surface area contributed by atoms with E-state index < -0.39 is 5.97 Å². The van der Waals surface area contributed by atoms with Gasteiger partial charge in [-0.15, -0.1) is 0 Å². The normalized spacial score (nSPS) is 11.5. The molecule has 6 nitrogen and oxygen atoms in total. The van der Waals surface area contributed by atoms with Gasteiger partial charge in [0.2, 0.25) is 5.89 Å². The first-order valence-electron chi connectivity index (χ1n) is 6.88. The van der Waals surface area contributed by atoms with E-state index in [1.54, 1.807) is 30.3 Å². The van der Waals surface area contributed by atoms with Gasteiger partial charge in [-0.3, -0.25) is 4.79 Å². The first kappa shape index (κ1) is 15.8. The van der Waals surface area contributed by atoms with Gasteiger partial charge in [-0.25, -0.2) is 9.78 Å².